The number of amides is 1. The molecule has 31 heavy (non-hydrogen) atoms. The lowest BCUT2D eigenvalue weighted by Gasteiger charge is -2.32. The molecular formula is C11H22N3O14P3. The van der Waals surface area contributed by atoms with Crippen LogP contribution in [0.3, 0.4) is 0 Å². The van der Waals surface area contributed by atoms with Crippen LogP contribution in [-0.2, 0) is 40.9 Å². The van der Waals surface area contributed by atoms with Crippen molar-refractivity contribution in [1.82, 2.24) is 10.2 Å². The molecule has 0 aromatic carbocycles. The van der Waals surface area contributed by atoms with Crippen LogP contribution in [0.4, 0.5) is 0 Å². The van der Waals surface area contributed by atoms with Gasteiger partial charge in [0.05, 0.1) is 12.2 Å². The van der Waals surface area contributed by atoms with Crippen molar-refractivity contribution in [1.29, 1.82) is 0 Å². The third-order valence-electron chi connectivity index (χ3n) is 4.04. The Morgan fingerprint density at radius 1 is 1.13 bits per heavy atom. The minimum atomic E-state index is -5.60. The van der Waals surface area contributed by atoms with Crippen LogP contribution in [0.2, 0.25) is 0 Å². The second kappa shape index (κ2) is 9.63. The molecule has 0 aromatic heterocycles. The van der Waals surface area contributed by atoms with E-state index in [0.717, 1.165) is 0 Å². The van der Waals surface area contributed by atoms with Crippen LogP contribution in [0.1, 0.15) is 0 Å². The molecule has 8 atom stereocenters. The van der Waals surface area contributed by atoms with Crippen molar-refractivity contribution < 1.29 is 65.8 Å². The number of carbonyl (C=O) groups is 1. The maximum absolute atomic E-state index is 12.1. The summed E-state index contributed by atoms with van der Waals surface area (Å²) in [5.41, 5.74) is 5.52. The Labute approximate surface area is 175 Å². The summed E-state index contributed by atoms with van der Waals surface area (Å²) < 4.78 is 55.8. The van der Waals surface area contributed by atoms with Crippen LogP contribution in [-0.4, -0.2) is 87.2 Å². The molecular weight excluding hydrogens is 491 g/mol. The highest BCUT2D eigenvalue weighted by Crippen LogP contribution is 2.67. The maximum atomic E-state index is 12.1. The first-order valence-corrected chi connectivity index (χ1v) is 12.7. The number of phosphoric ester groups is 2. The number of rotatable bonds is 9. The number of nitrogens with two attached hydrogens (primary N) is 1. The topological polar surface area (TPSA) is 257 Å². The molecule has 20 heteroatoms. The first-order chi connectivity index (χ1) is 14.1. The van der Waals surface area contributed by atoms with E-state index in [1.54, 1.807) is 0 Å². The van der Waals surface area contributed by atoms with Crippen molar-refractivity contribution in [2.45, 2.75) is 30.7 Å². The zero-order valence-corrected chi connectivity index (χ0v) is 18.6. The van der Waals surface area contributed by atoms with Crippen LogP contribution in [0, 0.1) is 0 Å². The third-order valence-corrected chi connectivity index (χ3v) is 8.28. The number of nitrogens with one attached hydrogen (secondary N) is 1. The number of nitrogens with zero attached hydrogens (tertiary/aromatic N) is 1. The third kappa shape index (κ3) is 6.87. The zero-order chi connectivity index (χ0) is 23.8. The van der Waals surface area contributed by atoms with Crippen LogP contribution in [0.15, 0.2) is 11.8 Å². The molecule has 17 nitrogen and oxygen atoms in total. The van der Waals surface area contributed by atoms with E-state index >= 15 is 0 Å². The summed E-state index contributed by atoms with van der Waals surface area (Å²) >= 11 is 0. The standard InChI is InChI=1S/C11H22N3O14P3/c1-14-3-5(10(17)13-11(14)12)9-8(16)7(15)6(26-9)4-25-30(20,21)28-31(22,23)27-29(18,19)24-2/h3,6-9,11,15-16H,4,12H2,1-2H3,(H,13,17)(H,18,19)(H,20,21)(H,22,23)/t6-,7?,8+,9+,11?/m1/s1. The quantitative estimate of drug-likeness (QED) is 0.159. The Morgan fingerprint density at radius 3 is 2.29 bits per heavy atom. The predicted octanol–water partition coefficient (Wildman–Crippen LogP) is -2.34. The van der Waals surface area contributed by atoms with E-state index in [-0.39, 0.29) is 5.57 Å². The summed E-state index contributed by atoms with van der Waals surface area (Å²) in [6.07, 6.45) is -5.77. The van der Waals surface area contributed by atoms with Crippen molar-refractivity contribution in [2.24, 2.45) is 5.73 Å². The zero-order valence-electron chi connectivity index (χ0n) is 15.9. The van der Waals surface area contributed by atoms with Crippen molar-refractivity contribution in [3.05, 3.63) is 11.8 Å². The first kappa shape index (κ1) is 26.5. The number of aliphatic hydroxyl groups excluding tert-OH is 2. The van der Waals surface area contributed by atoms with Gasteiger partial charge < -0.3 is 39.8 Å². The van der Waals surface area contributed by atoms with Gasteiger partial charge in [0.25, 0.3) is 5.91 Å². The molecule has 180 valence electrons. The first-order valence-electron chi connectivity index (χ1n) is 8.20. The van der Waals surface area contributed by atoms with Gasteiger partial charge in [-0.1, -0.05) is 0 Å². The molecule has 0 bridgehead atoms. The number of phosphoric acid groups is 3. The van der Waals surface area contributed by atoms with Gasteiger partial charge in [0.1, 0.15) is 24.4 Å². The average Bonchev–Trinajstić information content (AvgIpc) is 2.89. The van der Waals surface area contributed by atoms with Crippen molar-refractivity contribution in [3.63, 3.8) is 0 Å². The fourth-order valence-electron chi connectivity index (χ4n) is 2.52. The number of ether oxygens (including phenoxy) is 1. The predicted molar refractivity (Wildman–Crippen MR) is 97.2 cm³/mol. The highest BCUT2D eigenvalue weighted by molar-refractivity contribution is 7.66. The van der Waals surface area contributed by atoms with Crippen LogP contribution in [0.5, 0.6) is 0 Å². The van der Waals surface area contributed by atoms with Gasteiger partial charge in [-0.2, -0.15) is 8.62 Å². The second-order valence-corrected chi connectivity index (χ2v) is 11.0. The summed E-state index contributed by atoms with van der Waals surface area (Å²) in [6.45, 7) is -0.964. The Hall–Kier alpha value is -0.740. The van der Waals surface area contributed by atoms with E-state index in [4.69, 9.17) is 15.4 Å². The maximum Gasteiger partial charge on any atom is 0.490 e. The largest absolute Gasteiger partial charge is 0.490 e. The molecule has 1 saturated heterocycles. The number of hydrogen-bond acceptors (Lipinski definition) is 13. The smallest absolute Gasteiger partial charge is 0.387 e. The molecule has 1 fully saturated rings. The molecule has 8 N–H and O–H groups in total. The lowest BCUT2D eigenvalue weighted by Crippen LogP contribution is -2.56. The second-order valence-electron chi connectivity index (χ2n) is 6.29. The monoisotopic (exact) mass is 513 g/mol. The summed E-state index contributed by atoms with van der Waals surface area (Å²) in [5, 5.41) is 22.6. The van der Waals surface area contributed by atoms with E-state index in [1.165, 1.54) is 18.1 Å². The van der Waals surface area contributed by atoms with Crippen LogP contribution in [0.25, 0.3) is 0 Å². The Balaban J connectivity index is 2.03. The molecule has 2 aliphatic rings. The molecule has 2 rings (SSSR count). The van der Waals surface area contributed by atoms with Gasteiger partial charge in [0.15, 0.2) is 6.29 Å². The average molecular weight is 513 g/mol. The van der Waals surface area contributed by atoms with Crippen LogP contribution >= 0.6 is 23.5 Å². The molecule has 0 aromatic rings. The lowest BCUT2D eigenvalue weighted by molar-refractivity contribution is -0.122. The SMILES string of the molecule is COP(=O)(O)OP(=O)(O)OP(=O)(O)OC[C@H]1O[C@@H](C2=CN(C)C(N)NC2=O)[C@@H](O)C1O. The fourth-order valence-corrected chi connectivity index (χ4v) is 5.79. The van der Waals surface area contributed by atoms with Gasteiger partial charge in [-0.25, -0.2) is 13.7 Å². The van der Waals surface area contributed by atoms with Gasteiger partial charge in [0, 0.05) is 20.4 Å². The lowest BCUT2D eigenvalue weighted by atomic mass is 10.0. The minimum Gasteiger partial charge on any atom is -0.387 e. The highest BCUT2D eigenvalue weighted by atomic mass is 31.3. The van der Waals surface area contributed by atoms with Gasteiger partial charge >= 0.3 is 23.5 Å². The summed E-state index contributed by atoms with van der Waals surface area (Å²) in [4.78, 5) is 41.3. The van der Waals surface area contributed by atoms with Crippen molar-refractivity contribution in [3.8, 4) is 0 Å². The Bertz CT molecular complexity index is 868. The van der Waals surface area contributed by atoms with E-state index in [9.17, 15) is 38.5 Å². The summed E-state index contributed by atoms with van der Waals surface area (Å²) in [7, 11) is -13.9. The van der Waals surface area contributed by atoms with E-state index < -0.39 is 66.7 Å². The Morgan fingerprint density at radius 2 is 1.71 bits per heavy atom. The van der Waals surface area contributed by atoms with E-state index in [0.29, 0.717) is 7.11 Å². The number of aliphatic hydroxyl groups is 2. The molecule has 0 spiro atoms. The Kier molecular flexibility index (Phi) is 8.24. The van der Waals surface area contributed by atoms with Gasteiger partial charge in [-0.3, -0.25) is 19.6 Å². The fraction of sp³-hybridized carbons (Fsp3) is 0.727. The highest BCUT2D eigenvalue weighted by Gasteiger charge is 2.48. The molecule has 0 aliphatic carbocycles. The molecule has 0 saturated carbocycles. The molecule has 1 amide bonds. The van der Waals surface area contributed by atoms with Crippen molar-refractivity contribution in [2.75, 3.05) is 20.8 Å². The van der Waals surface area contributed by atoms with Crippen molar-refractivity contribution >= 4 is 29.4 Å². The summed E-state index contributed by atoms with van der Waals surface area (Å²) in [5.74, 6) is -0.690. The normalized spacial score (nSPS) is 35.0. The van der Waals surface area contributed by atoms with Gasteiger partial charge in [-0.15, -0.1) is 0 Å². The minimum absolute atomic E-state index is 0.104. The molecule has 0 radical (unpaired) electrons. The van der Waals surface area contributed by atoms with E-state index in [1.807, 2.05) is 0 Å². The number of hydrogen-bond donors (Lipinski definition) is 7. The van der Waals surface area contributed by atoms with E-state index in [2.05, 4.69) is 23.0 Å². The summed E-state index contributed by atoms with van der Waals surface area (Å²) in [6, 6.07) is 0. The number of carbonyl (C=O) groups excluding carboxylic acids is 1. The van der Waals surface area contributed by atoms with Gasteiger partial charge in [0.2, 0.25) is 0 Å². The molecule has 2 heterocycles. The molecule has 2 aliphatic heterocycles. The van der Waals surface area contributed by atoms with Crippen LogP contribution < -0.4 is 11.1 Å². The molecule has 5 unspecified atom stereocenters. The van der Waals surface area contributed by atoms with Gasteiger partial charge in [-0.05, 0) is 0 Å².